The van der Waals surface area contributed by atoms with Gasteiger partial charge >= 0.3 is 5.97 Å². The summed E-state index contributed by atoms with van der Waals surface area (Å²) in [5.74, 6) is -4.98. The van der Waals surface area contributed by atoms with Gasteiger partial charge in [0.1, 0.15) is 23.3 Å². The predicted octanol–water partition coefficient (Wildman–Crippen LogP) is 2.50. The lowest BCUT2D eigenvalue weighted by atomic mass is 10.2. The van der Waals surface area contributed by atoms with Crippen LogP contribution in [0.4, 0.5) is 13.2 Å². The maximum Gasteiger partial charge on any atom is 0.356 e. The number of rotatable bonds is 2. The summed E-state index contributed by atoms with van der Waals surface area (Å²) in [6.45, 7) is 1.40. The van der Waals surface area contributed by atoms with E-state index < -0.39 is 29.0 Å². The number of halogens is 3. The van der Waals surface area contributed by atoms with E-state index >= 15 is 0 Å². The molecule has 4 nitrogen and oxygen atoms in total. The molecular formula is C11H7F3N2O2. The van der Waals surface area contributed by atoms with Crippen LogP contribution in [0.15, 0.2) is 12.1 Å². The number of carboxylic acids is 1. The number of hydrogen-bond acceptors (Lipinski definition) is 2. The number of carboxylic acid groups (broad SMARTS) is 1. The average molecular weight is 256 g/mol. The highest BCUT2D eigenvalue weighted by Gasteiger charge is 2.20. The summed E-state index contributed by atoms with van der Waals surface area (Å²) in [4.78, 5) is 16.8. The van der Waals surface area contributed by atoms with E-state index in [1.54, 1.807) is 0 Å². The van der Waals surface area contributed by atoms with Crippen LogP contribution >= 0.6 is 0 Å². The van der Waals surface area contributed by atoms with Crippen molar-refractivity contribution in [1.29, 1.82) is 0 Å². The number of carbonyl (C=O) groups is 1. The molecule has 0 aliphatic carbocycles. The van der Waals surface area contributed by atoms with Crippen molar-refractivity contribution in [1.82, 2.24) is 9.97 Å². The van der Waals surface area contributed by atoms with Crippen molar-refractivity contribution in [3.63, 3.8) is 0 Å². The van der Waals surface area contributed by atoms with E-state index in [1.165, 1.54) is 6.92 Å². The fraction of sp³-hybridized carbons (Fsp3) is 0.0909. The van der Waals surface area contributed by atoms with Crippen molar-refractivity contribution in [2.24, 2.45) is 0 Å². The summed E-state index contributed by atoms with van der Waals surface area (Å²) in [6.07, 6.45) is 0. The lowest BCUT2D eigenvalue weighted by Gasteiger charge is -2.01. The number of benzene rings is 1. The van der Waals surface area contributed by atoms with Gasteiger partial charge in [0, 0.05) is 17.8 Å². The van der Waals surface area contributed by atoms with Gasteiger partial charge in [-0.15, -0.1) is 0 Å². The van der Waals surface area contributed by atoms with E-state index in [2.05, 4.69) is 9.97 Å². The van der Waals surface area contributed by atoms with Crippen molar-refractivity contribution in [2.45, 2.75) is 6.92 Å². The molecule has 0 aliphatic rings. The molecule has 7 heteroatoms. The Morgan fingerprint density at radius 2 is 1.83 bits per heavy atom. The van der Waals surface area contributed by atoms with Crippen LogP contribution in [-0.2, 0) is 0 Å². The minimum absolute atomic E-state index is 0.153. The Morgan fingerprint density at radius 1 is 1.28 bits per heavy atom. The van der Waals surface area contributed by atoms with Gasteiger partial charge < -0.3 is 10.1 Å². The van der Waals surface area contributed by atoms with Crippen molar-refractivity contribution in [3.05, 3.63) is 41.0 Å². The summed E-state index contributed by atoms with van der Waals surface area (Å²) >= 11 is 0. The van der Waals surface area contributed by atoms with E-state index in [0.29, 0.717) is 12.1 Å². The lowest BCUT2D eigenvalue weighted by Crippen LogP contribution is -1.99. The highest BCUT2D eigenvalue weighted by atomic mass is 19.1. The molecule has 0 spiro atoms. The number of imidazole rings is 1. The zero-order valence-electron chi connectivity index (χ0n) is 9.09. The second-order valence-electron chi connectivity index (χ2n) is 3.61. The normalized spacial score (nSPS) is 10.7. The summed E-state index contributed by atoms with van der Waals surface area (Å²) in [5.41, 5.74) is -0.777. The fourth-order valence-corrected chi connectivity index (χ4v) is 1.56. The second kappa shape index (κ2) is 4.17. The van der Waals surface area contributed by atoms with Crippen molar-refractivity contribution in [3.8, 4) is 11.4 Å². The van der Waals surface area contributed by atoms with E-state index in [1.807, 2.05) is 0 Å². The molecule has 2 rings (SSSR count). The molecule has 0 radical (unpaired) electrons. The number of aromatic amines is 1. The maximum absolute atomic E-state index is 13.5. The summed E-state index contributed by atoms with van der Waals surface area (Å²) in [5, 5.41) is 8.78. The molecule has 0 fully saturated rings. The number of nitrogens with one attached hydrogen (secondary N) is 1. The molecule has 0 amide bonds. The molecule has 2 N–H and O–H groups in total. The number of H-pyrrole nitrogens is 1. The van der Waals surface area contributed by atoms with Crippen LogP contribution in [-0.4, -0.2) is 21.0 Å². The summed E-state index contributed by atoms with van der Waals surface area (Å²) in [6, 6.07) is 0.993. The third-order valence-electron chi connectivity index (χ3n) is 2.33. The first-order valence-corrected chi connectivity index (χ1v) is 4.85. The van der Waals surface area contributed by atoms with Gasteiger partial charge in [0.25, 0.3) is 0 Å². The largest absolute Gasteiger partial charge is 0.476 e. The zero-order chi connectivity index (χ0) is 13.4. The molecule has 1 aromatic heterocycles. The van der Waals surface area contributed by atoms with E-state index in [4.69, 9.17) is 5.11 Å². The van der Waals surface area contributed by atoms with Gasteiger partial charge in [-0.3, -0.25) is 0 Å². The molecule has 0 saturated carbocycles. The third kappa shape index (κ3) is 1.94. The first kappa shape index (κ1) is 12.2. The number of nitrogens with zero attached hydrogens (tertiary/aromatic N) is 1. The highest BCUT2D eigenvalue weighted by molar-refractivity contribution is 5.87. The Hall–Kier alpha value is -2.31. The minimum atomic E-state index is -1.32. The average Bonchev–Trinajstić information content (AvgIpc) is 2.58. The Morgan fingerprint density at radius 3 is 2.28 bits per heavy atom. The Bertz CT molecular complexity index is 614. The first-order valence-electron chi connectivity index (χ1n) is 4.85. The van der Waals surface area contributed by atoms with Crippen LogP contribution in [0.25, 0.3) is 11.4 Å². The molecule has 0 atom stereocenters. The topological polar surface area (TPSA) is 66.0 Å². The molecule has 2 aromatic rings. The fourth-order valence-electron chi connectivity index (χ4n) is 1.56. The van der Waals surface area contributed by atoms with Gasteiger partial charge in [-0.05, 0) is 6.92 Å². The quantitative estimate of drug-likeness (QED) is 0.867. The van der Waals surface area contributed by atoms with E-state index in [9.17, 15) is 18.0 Å². The molecule has 0 aliphatic heterocycles. The number of aromatic nitrogens is 2. The molecule has 0 bridgehead atoms. The minimum Gasteiger partial charge on any atom is -0.476 e. The third-order valence-corrected chi connectivity index (χ3v) is 2.33. The SMILES string of the molecule is Cc1[nH]c(-c2c(F)cc(F)cc2F)nc1C(=O)O. The van der Waals surface area contributed by atoms with Gasteiger partial charge in [0.2, 0.25) is 0 Å². The maximum atomic E-state index is 13.5. The second-order valence-corrected chi connectivity index (χ2v) is 3.61. The Balaban J connectivity index is 2.63. The molecule has 18 heavy (non-hydrogen) atoms. The predicted molar refractivity (Wildman–Crippen MR) is 55.6 cm³/mol. The van der Waals surface area contributed by atoms with E-state index in [0.717, 1.165) is 0 Å². The van der Waals surface area contributed by atoms with Gasteiger partial charge in [0.05, 0.1) is 5.56 Å². The number of aryl methyl sites for hydroxylation is 1. The van der Waals surface area contributed by atoms with Crippen LogP contribution < -0.4 is 0 Å². The van der Waals surface area contributed by atoms with Gasteiger partial charge in [-0.2, -0.15) is 0 Å². The monoisotopic (exact) mass is 256 g/mol. The number of hydrogen-bond donors (Lipinski definition) is 2. The Kier molecular flexibility index (Phi) is 2.82. The standard InChI is InChI=1S/C11H7F3N2O2/c1-4-9(11(17)18)16-10(15-4)8-6(13)2-5(12)3-7(8)14/h2-3H,1H3,(H,15,16)(H,17,18). The molecular weight excluding hydrogens is 249 g/mol. The van der Waals surface area contributed by atoms with Crippen molar-refractivity contribution in [2.75, 3.05) is 0 Å². The molecule has 94 valence electrons. The Labute approximate surface area is 99.1 Å². The number of aromatic carboxylic acids is 1. The van der Waals surface area contributed by atoms with Gasteiger partial charge in [0.15, 0.2) is 5.69 Å². The van der Waals surface area contributed by atoms with Crippen LogP contribution in [0.3, 0.4) is 0 Å². The highest BCUT2D eigenvalue weighted by Crippen LogP contribution is 2.25. The lowest BCUT2D eigenvalue weighted by molar-refractivity contribution is 0.0690. The van der Waals surface area contributed by atoms with E-state index in [-0.39, 0.29) is 17.2 Å². The summed E-state index contributed by atoms with van der Waals surface area (Å²) < 4.78 is 39.6. The van der Waals surface area contributed by atoms with Crippen LogP contribution in [0, 0.1) is 24.4 Å². The summed E-state index contributed by atoms with van der Waals surface area (Å²) in [7, 11) is 0. The first-order chi connectivity index (χ1) is 8.40. The van der Waals surface area contributed by atoms with Crippen molar-refractivity contribution >= 4 is 5.97 Å². The van der Waals surface area contributed by atoms with Crippen molar-refractivity contribution < 1.29 is 23.1 Å². The molecule has 1 aromatic carbocycles. The van der Waals surface area contributed by atoms with Gasteiger partial charge in [-0.25, -0.2) is 22.9 Å². The van der Waals surface area contributed by atoms with Gasteiger partial charge in [-0.1, -0.05) is 0 Å². The van der Waals surface area contributed by atoms with Crippen LogP contribution in [0.5, 0.6) is 0 Å². The molecule has 1 heterocycles. The molecule has 0 saturated heterocycles. The molecule has 0 unspecified atom stereocenters. The van der Waals surface area contributed by atoms with Crippen LogP contribution in [0.1, 0.15) is 16.2 Å². The zero-order valence-corrected chi connectivity index (χ0v) is 9.09. The van der Waals surface area contributed by atoms with Crippen LogP contribution in [0.2, 0.25) is 0 Å². The smallest absolute Gasteiger partial charge is 0.356 e.